The summed E-state index contributed by atoms with van der Waals surface area (Å²) in [6.07, 6.45) is 6.44. The number of aryl methyl sites for hydroxylation is 1. The molecule has 1 aliphatic rings. The lowest BCUT2D eigenvalue weighted by molar-refractivity contribution is -0.117. The van der Waals surface area contributed by atoms with Crippen LogP contribution in [-0.2, 0) is 14.3 Å². The highest BCUT2D eigenvalue weighted by atomic mass is 32.1. The number of hydrogen-bond donors (Lipinski definition) is 1. The Morgan fingerprint density at radius 3 is 2.42 bits per heavy atom. The van der Waals surface area contributed by atoms with Gasteiger partial charge in [0.25, 0.3) is 11.3 Å². The highest BCUT2D eigenvalue weighted by Gasteiger charge is 2.22. The molecule has 2 aromatic heterocycles. The Balaban J connectivity index is 2.19. The zero-order chi connectivity index (χ0) is 17.4. The van der Waals surface area contributed by atoms with Crippen LogP contribution in [0.15, 0.2) is 40.2 Å². The molecule has 0 radical (unpaired) electrons. The minimum Gasteiger partial charge on any atom is -0.492 e. The van der Waals surface area contributed by atoms with Crippen molar-refractivity contribution < 1.29 is 14.3 Å². The summed E-state index contributed by atoms with van der Waals surface area (Å²) in [7, 11) is 2.79. The number of hydrogen-bond acceptors (Lipinski definition) is 7. The highest BCUT2D eigenvalue weighted by Crippen LogP contribution is 2.24. The Morgan fingerprint density at radius 2 is 1.83 bits per heavy atom. The molecule has 2 N–H and O–H groups in total. The fraction of sp³-hybridized carbons (Fsp3) is 0.188. The average molecular weight is 345 g/mol. The van der Waals surface area contributed by atoms with E-state index in [1.54, 1.807) is 10.5 Å². The Bertz CT molecular complexity index is 969. The first-order valence-electron chi connectivity index (χ1n) is 7.00. The van der Waals surface area contributed by atoms with Crippen molar-refractivity contribution in [1.29, 1.82) is 0 Å². The molecule has 8 heteroatoms. The van der Waals surface area contributed by atoms with Crippen LogP contribution in [0.1, 0.15) is 10.4 Å². The highest BCUT2D eigenvalue weighted by molar-refractivity contribution is 7.16. The van der Waals surface area contributed by atoms with Crippen molar-refractivity contribution in [3.05, 3.63) is 56.2 Å². The Labute approximate surface area is 141 Å². The van der Waals surface area contributed by atoms with Crippen LogP contribution in [0.25, 0.3) is 11.0 Å². The molecule has 0 fully saturated rings. The standard InChI is InChI=1S/C16H15N3O4S/c1-8-7-19-14(17)10(15(21)18-16(19)24-8)4-9-5-11(22-2)13(20)12(6-9)23-3/h4-7H,17H2,1-3H3. The van der Waals surface area contributed by atoms with Gasteiger partial charge in [0.1, 0.15) is 5.82 Å². The summed E-state index contributed by atoms with van der Waals surface area (Å²) in [5, 5.41) is 0. The van der Waals surface area contributed by atoms with Crippen LogP contribution < -0.4 is 11.3 Å². The van der Waals surface area contributed by atoms with E-state index in [9.17, 15) is 9.59 Å². The number of carbonyl (C=O) groups excluding carboxylic acids is 1. The largest absolute Gasteiger partial charge is 0.492 e. The van der Waals surface area contributed by atoms with Crippen molar-refractivity contribution in [2.24, 2.45) is 0 Å². The second kappa shape index (κ2) is 5.97. The second-order valence-corrected chi connectivity index (χ2v) is 6.32. The monoisotopic (exact) mass is 345 g/mol. The minimum atomic E-state index is -0.432. The number of ketones is 1. The average Bonchev–Trinajstić information content (AvgIpc) is 2.93. The number of nitrogen functional groups attached to an aromatic ring is 1. The fourth-order valence-corrected chi connectivity index (χ4v) is 3.20. The van der Waals surface area contributed by atoms with Gasteiger partial charge in [-0.3, -0.25) is 14.0 Å². The zero-order valence-corrected chi connectivity index (χ0v) is 14.1. The summed E-state index contributed by atoms with van der Waals surface area (Å²) in [6, 6.07) is 0. The number of fused-ring (bicyclic) bond motifs is 1. The van der Waals surface area contributed by atoms with Gasteiger partial charge in [-0.15, -0.1) is 11.3 Å². The molecule has 0 saturated carbocycles. The third kappa shape index (κ3) is 2.61. The number of allylic oxidation sites excluding steroid dienone is 3. The first-order valence-corrected chi connectivity index (χ1v) is 7.82. The summed E-state index contributed by atoms with van der Waals surface area (Å²) in [5.74, 6) is 0.182. The van der Waals surface area contributed by atoms with E-state index >= 15 is 0 Å². The number of nitrogens with two attached hydrogens (primary N) is 1. The molecule has 0 amide bonds. The molecular weight excluding hydrogens is 330 g/mol. The topological polar surface area (TPSA) is 95.9 Å². The maximum atomic E-state index is 12.3. The van der Waals surface area contributed by atoms with Crippen LogP contribution in [0.5, 0.6) is 0 Å². The van der Waals surface area contributed by atoms with E-state index in [0.29, 0.717) is 16.4 Å². The van der Waals surface area contributed by atoms with E-state index in [1.165, 1.54) is 37.7 Å². The summed E-state index contributed by atoms with van der Waals surface area (Å²) >= 11 is 1.39. The van der Waals surface area contributed by atoms with Crippen molar-refractivity contribution in [2.45, 2.75) is 6.92 Å². The van der Waals surface area contributed by atoms with Crippen molar-refractivity contribution in [2.75, 3.05) is 20.0 Å². The Hall–Kier alpha value is -2.87. The predicted octanol–water partition coefficient (Wildman–Crippen LogP) is 1.67. The van der Waals surface area contributed by atoms with Gasteiger partial charge >= 0.3 is 0 Å². The predicted molar refractivity (Wildman–Crippen MR) is 91.7 cm³/mol. The van der Waals surface area contributed by atoms with Gasteiger partial charge in [-0.1, -0.05) is 0 Å². The first-order chi connectivity index (χ1) is 11.4. The maximum Gasteiger partial charge on any atom is 0.283 e. The van der Waals surface area contributed by atoms with Crippen LogP contribution in [-0.4, -0.2) is 29.4 Å². The molecule has 0 saturated heterocycles. The molecular formula is C16H15N3O4S. The van der Waals surface area contributed by atoms with Crippen LogP contribution in [0, 0.1) is 6.92 Å². The number of thiazole rings is 1. The molecule has 0 spiro atoms. The van der Waals surface area contributed by atoms with Crippen LogP contribution >= 0.6 is 11.3 Å². The first kappa shape index (κ1) is 16.0. The number of carbonyl (C=O) groups is 1. The van der Waals surface area contributed by atoms with Gasteiger partial charge in [0.15, 0.2) is 16.5 Å². The summed E-state index contributed by atoms with van der Waals surface area (Å²) in [5.41, 5.74) is 6.49. The van der Waals surface area contributed by atoms with E-state index in [0.717, 1.165) is 4.88 Å². The lowest BCUT2D eigenvalue weighted by atomic mass is 10.0. The van der Waals surface area contributed by atoms with Crippen molar-refractivity contribution in [1.82, 2.24) is 9.38 Å². The number of ether oxygens (including phenoxy) is 2. The zero-order valence-electron chi connectivity index (χ0n) is 13.3. The molecule has 0 aromatic carbocycles. The number of rotatable bonds is 3. The fourth-order valence-electron chi connectivity index (χ4n) is 2.38. The third-order valence-corrected chi connectivity index (χ3v) is 4.42. The number of anilines is 1. The number of aromatic nitrogens is 2. The van der Waals surface area contributed by atoms with Gasteiger partial charge in [-0.25, -0.2) is 0 Å². The molecule has 0 aliphatic heterocycles. The summed E-state index contributed by atoms with van der Waals surface area (Å²) < 4.78 is 11.8. The molecule has 7 nitrogen and oxygen atoms in total. The van der Waals surface area contributed by atoms with Gasteiger partial charge in [0, 0.05) is 11.1 Å². The van der Waals surface area contributed by atoms with Crippen molar-refractivity contribution >= 4 is 34.0 Å². The molecule has 0 bridgehead atoms. The van der Waals surface area contributed by atoms with Gasteiger partial charge in [-0.2, -0.15) is 4.98 Å². The molecule has 2 aromatic rings. The van der Waals surface area contributed by atoms with Gasteiger partial charge in [-0.05, 0) is 30.7 Å². The van der Waals surface area contributed by atoms with Crippen LogP contribution in [0.3, 0.4) is 0 Å². The van der Waals surface area contributed by atoms with Crippen molar-refractivity contribution in [3.63, 3.8) is 0 Å². The van der Waals surface area contributed by atoms with Crippen LogP contribution in [0.4, 0.5) is 5.82 Å². The Morgan fingerprint density at radius 1 is 1.21 bits per heavy atom. The van der Waals surface area contributed by atoms with E-state index in [2.05, 4.69) is 4.98 Å². The van der Waals surface area contributed by atoms with E-state index in [-0.39, 0.29) is 22.9 Å². The lowest BCUT2D eigenvalue weighted by Crippen LogP contribution is -2.17. The minimum absolute atomic E-state index is 0.125. The SMILES string of the molecule is COC1=CC(=Cc2c(N)n3cc(C)sc3nc2=O)C=C(OC)C1=O. The number of nitrogens with zero attached hydrogens (tertiary/aromatic N) is 2. The molecule has 3 rings (SSSR count). The molecule has 0 unspecified atom stereocenters. The summed E-state index contributed by atoms with van der Waals surface area (Å²) in [6.45, 7) is 1.91. The molecule has 1 aliphatic carbocycles. The quantitative estimate of drug-likeness (QED) is 0.909. The Kier molecular flexibility index (Phi) is 3.98. The number of Topliss-reactive ketones (excluding diaryl/α,β-unsaturated/α-hetero) is 1. The van der Waals surface area contributed by atoms with Gasteiger partial charge in [0.05, 0.1) is 19.8 Å². The lowest BCUT2D eigenvalue weighted by Gasteiger charge is -2.13. The van der Waals surface area contributed by atoms with Gasteiger partial charge < -0.3 is 15.2 Å². The normalized spacial score (nSPS) is 14.5. The molecule has 0 atom stereocenters. The van der Waals surface area contributed by atoms with E-state index in [1.807, 2.05) is 13.1 Å². The summed E-state index contributed by atoms with van der Waals surface area (Å²) in [4.78, 5) is 29.8. The second-order valence-electron chi connectivity index (χ2n) is 5.11. The van der Waals surface area contributed by atoms with E-state index in [4.69, 9.17) is 15.2 Å². The molecule has 2 heterocycles. The van der Waals surface area contributed by atoms with Crippen molar-refractivity contribution in [3.8, 4) is 0 Å². The van der Waals surface area contributed by atoms with E-state index < -0.39 is 5.56 Å². The maximum absolute atomic E-state index is 12.3. The number of methoxy groups -OCH3 is 2. The smallest absolute Gasteiger partial charge is 0.283 e. The molecule has 124 valence electrons. The van der Waals surface area contributed by atoms with Gasteiger partial charge in [0.2, 0.25) is 0 Å². The third-order valence-electron chi connectivity index (χ3n) is 3.53. The van der Waals surface area contributed by atoms with Crippen LogP contribution in [0.2, 0.25) is 0 Å². The molecule has 24 heavy (non-hydrogen) atoms.